The van der Waals surface area contributed by atoms with Crippen LogP contribution in [0.4, 0.5) is 0 Å². The van der Waals surface area contributed by atoms with Crippen LogP contribution in [0.1, 0.15) is 26.2 Å². The van der Waals surface area contributed by atoms with Gasteiger partial charge in [-0.3, -0.25) is 0 Å². The highest BCUT2D eigenvalue weighted by molar-refractivity contribution is 7.89. The van der Waals surface area contributed by atoms with E-state index in [-0.39, 0.29) is 0 Å². The molecule has 3 unspecified atom stereocenters. The van der Waals surface area contributed by atoms with Crippen molar-refractivity contribution in [2.24, 2.45) is 17.0 Å². The Bertz CT molecular complexity index is 108. The van der Waals surface area contributed by atoms with E-state index in [1.165, 1.54) is 19.3 Å². The maximum Gasteiger partial charge on any atom is 0.128 e. The monoisotopic (exact) mass is 161 g/mol. The van der Waals surface area contributed by atoms with Gasteiger partial charge in [0.05, 0.1) is 0 Å². The number of nitrogens with two attached hydrogens (primary N) is 1. The van der Waals surface area contributed by atoms with Gasteiger partial charge in [0.2, 0.25) is 0 Å². The third-order valence-corrected chi connectivity index (χ3v) is 3.00. The van der Waals surface area contributed by atoms with Crippen LogP contribution < -0.4 is 5.14 Å². The first-order chi connectivity index (χ1) is 4.68. The Morgan fingerprint density at radius 1 is 1.60 bits per heavy atom. The maximum absolute atomic E-state index is 10.6. The second kappa shape index (κ2) is 3.60. The first-order valence-corrected chi connectivity index (χ1v) is 5.19. The second-order valence-corrected chi connectivity index (χ2v) is 4.43. The molecule has 1 aliphatic rings. The van der Waals surface area contributed by atoms with Gasteiger partial charge in [-0.15, -0.1) is 0 Å². The fourth-order valence-corrected chi connectivity index (χ4v) is 2.48. The average Bonchev–Trinajstić information content (AvgIpc) is 2.13. The molecule has 0 amide bonds. The molecule has 2 nitrogen and oxygen atoms in total. The van der Waals surface area contributed by atoms with Crippen LogP contribution in [0.15, 0.2) is 0 Å². The summed E-state index contributed by atoms with van der Waals surface area (Å²) in [5, 5.41) is 5.19. The standard InChI is InChI=1S/C7H15NOS/c1-6-2-3-7(4-6)5-10(8)9/h6-7H,2-5,8H2,1H3. The fourth-order valence-electron chi connectivity index (χ4n) is 1.71. The molecule has 1 saturated carbocycles. The first kappa shape index (κ1) is 8.37. The van der Waals surface area contributed by atoms with Crippen LogP contribution in [0.2, 0.25) is 0 Å². The predicted molar refractivity (Wildman–Crippen MR) is 43.7 cm³/mol. The highest BCUT2D eigenvalue weighted by Crippen LogP contribution is 2.30. The minimum atomic E-state index is -1.07. The van der Waals surface area contributed by atoms with Crippen molar-refractivity contribution in [1.29, 1.82) is 0 Å². The van der Waals surface area contributed by atoms with Crippen molar-refractivity contribution in [1.82, 2.24) is 0 Å². The Morgan fingerprint density at radius 3 is 2.70 bits per heavy atom. The highest BCUT2D eigenvalue weighted by atomic mass is 32.2. The van der Waals surface area contributed by atoms with Crippen LogP contribution in [0.25, 0.3) is 0 Å². The molecule has 0 spiro atoms. The van der Waals surface area contributed by atoms with Gasteiger partial charge >= 0.3 is 0 Å². The minimum Gasteiger partial charge on any atom is -0.598 e. The Kier molecular flexibility index (Phi) is 3.01. The Hall–Kier alpha value is 0.270. The van der Waals surface area contributed by atoms with Crippen molar-refractivity contribution < 1.29 is 4.55 Å². The maximum atomic E-state index is 10.6. The summed E-state index contributed by atoms with van der Waals surface area (Å²) in [5.41, 5.74) is 0. The molecule has 10 heavy (non-hydrogen) atoms. The smallest absolute Gasteiger partial charge is 0.128 e. The topological polar surface area (TPSA) is 49.1 Å². The van der Waals surface area contributed by atoms with E-state index in [0.717, 1.165) is 5.92 Å². The van der Waals surface area contributed by atoms with E-state index in [4.69, 9.17) is 5.14 Å². The lowest BCUT2D eigenvalue weighted by molar-refractivity contribution is 0.537. The lowest BCUT2D eigenvalue weighted by Crippen LogP contribution is -2.21. The molecule has 2 N–H and O–H groups in total. The first-order valence-electron chi connectivity index (χ1n) is 3.81. The quantitative estimate of drug-likeness (QED) is 0.615. The van der Waals surface area contributed by atoms with Gasteiger partial charge in [-0.2, -0.15) is 5.14 Å². The molecular weight excluding hydrogens is 146 g/mol. The van der Waals surface area contributed by atoms with Gasteiger partial charge in [0.1, 0.15) is 5.75 Å². The summed E-state index contributed by atoms with van der Waals surface area (Å²) in [6, 6.07) is 0. The van der Waals surface area contributed by atoms with E-state index in [9.17, 15) is 4.55 Å². The van der Waals surface area contributed by atoms with E-state index in [2.05, 4.69) is 6.92 Å². The van der Waals surface area contributed by atoms with E-state index in [1.54, 1.807) is 0 Å². The van der Waals surface area contributed by atoms with Crippen molar-refractivity contribution in [2.75, 3.05) is 5.75 Å². The molecular formula is C7H15NOS. The van der Waals surface area contributed by atoms with Crippen LogP contribution in [-0.4, -0.2) is 10.3 Å². The molecule has 0 aromatic heterocycles. The van der Waals surface area contributed by atoms with Gasteiger partial charge in [0.15, 0.2) is 0 Å². The second-order valence-electron chi connectivity index (χ2n) is 3.33. The van der Waals surface area contributed by atoms with Crippen molar-refractivity contribution in [3.63, 3.8) is 0 Å². The van der Waals surface area contributed by atoms with E-state index >= 15 is 0 Å². The third kappa shape index (κ3) is 2.48. The third-order valence-electron chi connectivity index (χ3n) is 2.20. The van der Waals surface area contributed by atoms with Gasteiger partial charge in [-0.1, -0.05) is 13.3 Å². The Labute approximate surface area is 65.5 Å². The summed E-state index contributed by atoms with van der Waals surface area (Å²) in [7, 11) is 0. The zero-order chi connectivity index (χ0) is 7.56. The summed E-state index contributed by atoms with van der Waals surface area (Å²) >= 11 is -1.07. The molecule has 1 rings (SSSR count). The highest BCUT2D eigenvalue weighted by Gasteiger charge is 2.24. The molecule has 60 valence electrons. The molecule has 0 aliphatic heterocycles. The summed E-state index contributed by atoms with van der Waals surface area (Å²) in [4.78, 5) is 0. The van der Waals surface area contributed by atoms with Gasteiger partial charge in [0, 0.05) is 17.3 Å². The van der Waals surface area contributed by atoms with Crippen LogP contribution in [0, 0.1) is 11.8 Å². The molecule has 3 atom stereocenters. The Morgan fingerprint density at radius 2 is 2.30 bits per heavy atom. The van der Waals surface area contributed by atoms with E-state index in [1.807, 2.05) is 0 Å². The summed E-state index contributed by atoms with van der Waals surface area (Å²) in [5.74, 6) is 2.18. The molecule has 1 fully saturated rings. The molecule has 0 saturated heterocycles. The average molecular weight is 161 g/mol. The van der Waals surface area contributed by atoms with Crippen LogP contribution in [0.3, 0.4) is 0 Å². The van der Waals surface area contributed by atoms with Crippen molar-refractivity contribution >= 4 is 11.4 Å². The predicted octanol–water partition coefficient (Wildman–Crippen LogP) is 1.05. The van der Waals surface area contributed by atoms with Crippen LogP contribution in [-0.2, 0) is 11.4 Å². The molecule has 0 heterocycles. The van der Waals surface area contributed by atoms with Gasteiger partial charge in [-0.05, 0) is 18.8 Å². The zero-order valence-electron chi connectivity index (χ0n) is 6.38. The van der Waals surface area contributed by atoms with Gasteiger partial charge in [0.25, 0.3) is 0 Å². The number of rotatable bonds is 2. The van der Waals surface area contributed by atoms with Crippen LogP contribution in [0.5, 0.6) is 0 Å². The molecule has 1 aliphatic carbocycles. The molecule has 0 radical (unpaired) electrons. The van der Waals surface area contributed by atoms with Crippen LogP contribution >= 0.6 is 0 Å². The van der Waals surface area contributed by atoms with E-state index in [0.29, 0.717) is 11.7 Å². The normalized spacial score (nSPS) is 36.3. The fraction of sp³-hybridized carbons (Fsp3) is 1.00. The zero-order valence-corrected chi connectivity index (χ0v) is 7.19. The van der Waals surface area contributed by atoms with Crippen molar-refractivity contribution in [2.45, 2.75) is 26.2 Å². The number of hydrogen-bond donors (Lipinski definition) is 1. The molecule has 0 bridgehead atoms. The number of hydrogen-bond acceptors (Lipinski definition) is 2. The summed E-state index contributed by atoms with van der Waals surface area (Å²) in [6.45, 7) is 2.25. The molecule has 3 heteroatoms. The molecule has 0 aromatic carbocycles. The lowest BCUT2D eigenvalue weighted by atomic mass is 10.1. The summed E-state index contributed by atoms with van der Waals surface area (Å²) < 4.78 is 10.6. The summed E-state index contributed by atoms with van der Waals surface area (Å²) in [6.07, 6.45) is 3.74. The largest absolute Gasteiger partial charge is 0.598 e. The van der Waals surface area contributed by atoms with Gasteiger partial charge in [-0.25, -0.2) is 0 Å². The lowest BCUT2D eigenvalue weighted by Gasteiger charge is -2.08. The van der Waals surface area contributed by atoms with Gasteiger partial charge < -0.3 is 4.55 Å². The van der Waals surface area contributed by atoms with E-state index < -0.39 is 11.4 Å². The van der Waals surface area contributed by atoms with Crippen molar-refractivity contribution in [3.8, 4) is 0 Å². The molecule has 0 aromatic rings. The minimum absolute atomic E-state index is 0.640. The SMILES string of the molecule is CC1CCC(C[S+](N)[O-])C1. The Balaban J connectivity index is 2.18. The van der Waals surface area contributed by atoms with Crippen molar-refractivity contribution in [3.05, 3.63) is 0 Å².